The van der Waals surface area contributed by atoms with Crippen LogP contribution in [-0.4, -0.2) is 13.7 Å². The van der Waals surface area contributed by atoms with E-state index in [1.807, 2.05) is 57.9 Å². The lowest BCUT2D eigenvalue weighted by atomic mass is 9.48. The van der Waals surface area contributed by atoms with Crippen molar-refractivity contribution in [2.75, 3.05) is 24.5 Å². The highest BCUT2D eigenvalue weighted by Crippen LogP contribution is 2.75. The van der Waals surface area contributed by atoms with Crippen molar-refractivity contribution in [1.82, 2.24) is 13.7 Å². The monoisotopic (exact) mass is 1820 g/mol. The summed E-state index contributed by atoms with van der Waals surface area (Å²) in [5, 5.41) is 7.08. The van der Waals surface area contributed by atoms with Crippen molar-refractivity contribution < 1.29 is 8.83 Å². The van der Waals surface area contributed by atoms with E-state index in [0.29, 0.717) is 30.2 Å². The van der Waals surface area contributed by atoms with Crippen LogP contribution in [0.25, 0.3) is 51.2 Å². The molecule has 0 amide bonds. The van der Waals surface area contributed by atoms with Gasteiger partial charge in [0.25, 0.3) is 0 Å². The molecule has 130 heavy (non-hydrogen) atoms. The van der Waals surface area contributed by atoms with E-state index in [1.54, 1.807) is 41.1 Å². The first-order valence-corrected chi connectivity index (χ1v) is 53.3. The Hall–Kier alpha value is -8.70. The average molecular weight is 1820 g/mol. The van der Waals surface area contributed by atoms with E-state index < -0.39 is 0 Å². The summed E-state index contributed by atoms with van der Waals surface area (Å²) in [5.74, 6) is 3.65. The van der Waals surface area contributed by atoms with E-state index in [9.17, 15) is 0 Å². The second kappa shape index (κ2) is 29.4. The van der Waals surface area contributed by atoms with Crippen LogP contribution in [0.15, 0.2) is 179 Å². The van der Waals surface area contributed by atoms with Crippen molar-refractivity contribution in [3.63, 3.8) is 0 Å². The number of nitrogens with zero attached hydrogens (tertiary/aromatic N) is 8. The molecular weight excluding hydrogens is 1690 g/mol. The van der Waals surface area contributed by atoms with Gasteiger partial charge in [0.2, 0.25) is 0 Å². The highest BCUT2D eigenvalue weighted by atomic mass is 32.1. The molecule has 7 unspecified atom stereocenters. The lowest BCUT2D eigenvalue weighted by molar-refractivity contribution is -0.0588. The Labute approximate surface area is 791 Å². The maximum absolute atomic E-state index is 5.76. The molecule has 17 heterocycles. The number of rotatable bonds is 3. The van der Waals surface area contributed by atoms with Crippen molar-refractivity contribution >= 4 is 136 Å². The number of aryl methyl sites for hydroxylation is 8. The summed E-state index contributed by atoms with van der Waals surface area (Å²) in [5.41, 5.74) is 25.9. The molecule has 0 saturated heterocycles. The second-order valence-corrected chi connectivity index (χ2v) is 49.5. The fourth-order valence-electron chi connectivity index (χ4n) is 30.2. The molecule has 15 aromatic rings. The molecule has 7 atom stereocenters. The molecule has 7 aliphatic heterocycles. The molecule has 28 rings (SSSR count). The minimum atomic E-state index is -0.0198. The maximum Gasteiger partial charge on any atom is 0.188 e. The number of fused-ring (bicyclic) bond motifs is 25. The zero-order valence-corrected chi connectivity index (χ0v) is 85.3. The van der Waals surface area contributed by atoms with E-state index in [2.05, 4.69) is 367 Å². The first kappa shape index (κ1) is 85.5. The van der Waals surface area contributed by atoms with Gasteiger partial charge in [-0.3, -0.25) is 0 Å². The topological polar surface area (TPSA) is 57.3 Å². The van der Waals surface area contributed by atoms with Crippen molar-refractivity contribution in [1.29, 1.82) is 0 Å². The normalized spacial score (nSPS) is 27.8. The van der Waals surface area contributed by atoms with Gasteiger partial charge in [-0.2, -0.15) is 0 Å². The fourth-order valence-corrected chi connectivity index (χ4v) is 38.1. The third-order valence-corrected chi connectivity index (χ3v) is 45.0. The van der Waals surface area contributed by atoms with E-state index in [-0.39, 0.29) is 49.4 Å². The third-order valence-electron chi connectivity index (χ3n) is 37.9. The number of benzene rings is 5. The fraction of sp³-hybridized carbons (Fsp3) is 0.478. The van der Waals surface area contributed by atoms with Crippen LogP contribution in [0, 0.1) is 69.1 Å². The molecule has 4 bridgehead atoms. The second-order valence-electron chi connectivity index (χ2n) is 44.5. The van der Waals surface area contributed by atoms with E-state index >= 15 is 0 Å². The lowest BCUT2D eigenvalue weighted by Crippen LogP contribution is -2.62. The van der Waals surface area contributed by atoms with Crippen molar-refractivity contribution in [2.24, 2.45) is 55.6 Å². The van der Waals surface area contributed by atoms with Crippen LogP contribution < -0.4 is 24.5 Å². The SMILES string of the molecule is Cc1cccc2c1N1C(C)c3c(sc4c3ccn4C)C1(C)C(C)(C)C2(C)C.Cc1cccc2c1N1C(C)c3c(sc4c3ccn4C)C1(C)C(C)(C)C2(C)C.Cc1ccccc1N1C(C)c2c(sc3c2ccn3C)C12C1CC3CC(C1)CC2C3.Cc1ccccc1N1C(C)c2c(sc3occc23)C12CCCC2.Cc1ccccc1N1C(C)c2c(sc3occc23)C12CCCCC2. The third kappa shape index (κ3) is 11.0. The zero-order valence-electron chi connectivity index (χ0n) is 81.2. The van der Waals surface area contributed by atoms with E-state index in [4.69, 9.17) is 8.83 Å². The first-order chi connectivity index (χ1) is 62.1. The summed E-state index contributed by atoms with van der Waals surface area (Å²) in [6, 6.07) is 54.1. The van der Waals surface area contributed by atoms with Gasteiger partial charge in [0.15, 0.2) is 9.79 Å². The Bertz CT molecular complexity index is 6840. The average Bonchev–Trinajstić information content (AvgIpc) is 1.49. The van der Waals surface area contributed by atoms with Crippen molar-refractivity contribution in [2.45, 2.75) is 297 Å². The van der Waals surface area contributed by atoms with Gasteiger partial charge in [-0.05, 0) is 263 Å². The molecule has 10 nitrogen and oxygen atoms in total. The minimum absolute atomic E-state index is 0.0198. The van der Waals surface area contributed by atoms with Gasteiger partial charge in [0.1, 0.15) is 14.5 Å². The Morgan fingerprint density at radius 1 is 0.315 bits per heavy atom. The Morgan fingerprint density at radius 2 is 0.638 bits per heavy atom. The quantitative estimate of drug-likeness (QED) is 0.175. The summed E-state index contributed by atoms with van der Waals surface area (Å²) >= 11 is 9.94. The molecule has 6 aliphatic carbocycles. The summed E-state index contributed by atoms with van der Waals surface area (Å²) < 4.78 is 18.4. The molecule has 10 aromatic heterocycles. The number of anilines is 5. The molecule has 5 aromatic carbocycles. The van der Waals surface area contributed by atoms with Gasteiger partial charge in [0, 0.05) is 158 Å². The number of hydrogen-bond acceptors (Lipinski definition) is 12. The molecule has 0 radical (unpaired) electrons. The van der Waals surface area contributed by atoms with Crippen molar-refractivity contribution in [3.8, 4) is 0 Å². The number of aromatic nitrogens is 3. The first-order valence-electron chi connectivity index (χ1n) is 49.2. The van der Waals surface area contributed by atoms with Crippen LogP contribution in [0.2, 0.25) is 0 Å². The smallest absolute Gasteiger partial charge is 0.188 e. The number of thiophene rings is 5. The zero-order chi connectivity index (χ0) is 90.4. The highest BCUT2D eigenvalue weighted by Gasteiger charge is 2.69. The van der Waals surface area contributed by atoms with Gasteiger partial charge in [-0.25, -0.2) is 0 Å². The maximum atomic E-state index is 5.76. The molecule has 3 spiro atoms. The summed E-state index contributed by atoms with van der Waals surface area (Å²) in [4.78, 5) is 28.5. The van der Waals surface area contributed by atoms with Gasteiger partial charge in [-0.1, -0.05) is 178 Å². The predicted octanol–water partition coefficient (Wildman–Crippen LogP) is 32.8. The molecule has 0 N–H and O–H groups in total. The Balaban J connectivity index is 0.0000000928. The van der Waals surface area contributed by atoms with Crippen LogP contribution in [0.1, 0.15) is 315 Å². The summed E-state index contributed by atoms with van der Waals surface area (Å²) in [7, 11) is 6.57. The Kier molecular flexibility index (Phi) is 19.3. The molecule has 6 saturated carbocycles. The molecule has 676 valence electrons. The van der Waals surface area contributed by atoms with Gasteiger partial charge in [0.05, 0.1) is 70.4 Å². The Morgan fingerprint density at radius 3 is 1.02 bits per heavy atom. The molecule has 6 fully saturated rings. The molecule has 13 aliphatic rings. The number of para-hydroxylation sites is 5. The largest absolute Gasteiger partial charge is 0.454 e. The van der Waals surface area contributed by atoms with Crippen LogP contribution in [0.3, 0.4) is 0 Å². The van der Waals surface area contributed by atoms with E-state index in [1.165, 1.54) is 210 Å². The van der Waals surface area contributed by atoms with Gasteiger partial charge < -0.3 is 47.0 Å². The standard InChI is InChI=1S/C26H30N2S.2C24H30N2S.C21H23NOS.C20H21NOS/c1-15-6-4-5-7-22(15)28-16(2)23-21-8-9-27(3)25(21)29-24(23)26(28)19-11-17-10-18(13-19)14-20(26)12-17;2*1-14-10-9-11-17-19(14)26-15(2)18-16-12-13-25(8)21(16)27-20(18)24(26,7)23(5,6)22(17,3)4;1-14-8-4-5-9-17(14)22-15(2)18-16-10-13-23-20(16)24-19(18)21(22)11-6-3-7-12-21;1-13-7-3-4-8-16(13)21-14(2)17-15-9-12-22-19(15)23-18(17)20(21)10-5-6-11-20/h4-9,16-20H,10-14H2,1-3H3;2*9-13,15H,1-8H3;4-5,8-10,13,15H,3,6-7,11-12H2,1-2H3;3-4,7-9,12,14H,5-6,10-11H2,1-2H3. The summed E-state index contributed by atoms with van der Waals surface area (Å²) in [6.07, 6.45) is 29.4. The van der Waals surface area contributed by atoms with Crippen LogP contribution in [-0.2, 0) is 59.7 Å². The number of furan rings is 2. The van der Waals surface area contributed by atoms with Crippen molar-refractivity contribution in [3.05, 3.63) is 262 Å². The molecular formula is C115H134N8O2S5. The summed E-state index contributed by atoms with van der Waals surface area (Å²) in [6.45, 7) is 48.2. The lowest BCUT2D eigenvalue weighted by Gasteiger charge is -2.63. The van der Waals surface area contributed by atoms with Crippen LogP contribution in [0.5, 0.6) is 0 Å². The van der Waals surface area contributed by atoms with E-state index in [0.717, 1.165) is 33.5 Å². The van der Waals surface area contributed by atoms with Crippen LogP contribution in [0.4, 0.5) is 28.4 Å². The number of hydrogen-bond donors (Lipinski definition) is 0. The van der Waals surface area contributed by atoms with Gasteiger partial charge in [-0.15, -0.1) is 56.7 Å². The minimum Gasteiger partial charge on any atom is -0.454 e. The van der Waals surface area contributed by atoms with Crippen LogP contribution >= 0.6 is 56.7 Å². The highest BCUT2D eigenvalue weighted by molar-refractivity contribution is 7.20. The predicted molar refractivity (Wildman–Crippen MR) is 553 cm³/mol. The molecule has 15 heteroatoms. The van der Waals surface area contributed by atoms with Gasteiger partial charge >= 0.3 is 0 Å².